The minimum Gasteiger partial charge on any atom is -0.303 e. The Morgan fingerprint density at radius 2 is 2.00 bits per heavy atom. The number of carbonyl (C=O) groups is 1. The van der Waals surface area contributed by atoms with Gasteiger partial charge in [-0.05, 0) is 33.9 Å². The zero-order chi connectivity index (χ0) is 10.3. The van der Waals surface area contributed by atoms with Crippen molar-refractivity contribution in [1.29, 1.82) is 0 Å². The summed E-state index contributed by atoms with van der Waals surface area (Å²) in [5, 5.41) is 0. The van der Waals surface area contributed by atoms with Crippen LogP contribution in [0.25, 0.3) is 0 Å². The van der Waals surface area contributed by atoms with Crippen LogP contribution in [-0.2, 0) is 4.79 Å². The topological polar surface area (TPSA) is 20.3 Å². The van der Waals surface area contributed by atoms with Crippen LogP contribution in [0.1, 0.15) is 46.5 Å². The lowest BCUT2D eigenvalue weighted by atomic mass is 10.1. The third kappa shape index (κ3) is 6.76. The molecule has 0 fully saturated rings. The molecule has 78 valence electrons. The van der Waals surface area contributed by atoms with E-state index in [1.165, 1.54) is 19.3 Å². The summed E-state index contributed by atoms with van der Waals surface area (Å²) in [6.07, 6.45) is 4.48. The molecule has 0 N–H and O–H groups in total. The minimum atomic E-state index is 0.287. The normalized spacial score (nSPS) is 13.3. The van der Waals surface area contributed by atoms with E-state index >= 15 is 0 Å². The number of carbonyl (C=O) groups excluding carboxylic acids is 1. The first-order valence-electron chi connectivity index (χ1n) is 5.27. The van der Waals surface area contributed by atoms with E-state index in [1.54, 1.807) is 6.92 Å². The maximum Gasteiger partial charge on any atom is 0.131 e. The number of hydrogen-bond acceptors (Lipinski definition) is 2. The van der Waals surface area contributed by atoms with Gasteiger partial charge in [-0.3, -0.25) is 4.79 Å². The molecule has 0 aliphatic carbocycles. The lowest BCUT2D eigenvalue weighted by Crippen LogP contribution is -2.31. The number of ketones is 1. The van der Waals surface area contributed by atoms with E-state index in [9.17, 15) is 4.79 Å². The van der Waals surface area contributed by atoms with E-state index in [1.807, 2.05) is 0 Å². The SMILES string of the molecule is CCCCCN(C)C(C)CC(C)=O. The van der Waals surface area contributed by atoms with Crippen LogP contribution in [0.4, 0.5) is 0 Å². The summed E-state index contributed by atoms with van der Waals surface area (Å²) in [5.41, 5.74) is 0. The van der Waals surface area contributed by atoms with Gasteiger partial charge in [0.2, 0.25) is 0 Å². The zero-order valence-electron chi connectivity index (χ0n) is 9.47. The van der Waals surface area contributed by atoms with Crippen molar-refractivity contribution in [2.75, 3.05) is 13.6 Å². The van der Waals surface area contributed by atoms with E-state index < -0.39 is 0 Å². The Morgan fingerprint density at radius 1 is 1.38 bits per heavy atom. The molecule has 0 saturated heterocycles. The summed E-state index contributed by atoms with van der Waals surface area (Å²) < 4.78 is 0. The van der Waals surface area contributed by atoms with Crippen LogP contribution in [0.5, 0.6) is 0 Å². The largest absolute Gasteiger partial charge is 0.303 e. The Labute approximate surface area is 82.3 Å². The fraction of sp³-hybridized carbons (Fsp3) is 0.909. The average molecular weight is 185 g/mol. The summed E-state index contributed by atoms with van der Waals surface area (Å²) in [7, 11) is 2.10. The second-order valence-electron chi connectivity index (χ2n) is 3.94. The highest BCUT2D eigenvalue weighted by Gasteiger charge is 2.10. The Bertz CT molecular complexity index is 145. The van der Waals surface area contributed by atoms with Crippen molar-refractivity contribution in [3.05, 3.63) is 0 Å². The quantitative estimate of drug-likeness (QED) is 0.568. The number of nitrogens with zero attached hydrogens (tertiary/aromatic N) is 1. The van der Waals surface area contributed by atoms with Crippen molar-refractivity contribution in [3.63, 3.8) is 0 Å². The molecule has 2 nitrogen and oxygen atoms in total. The lowest BCUT2D eigenvalue weighted by Gasteiger charge is -2.23. The van der Waals surface area contributed by atoms with Crippen molar-refractivity contribution in [2.45, 2.75) is 52.5 Å². The molecule has 0 aliphatic heterocycles. The van der Waals surface area contributed by atoms with Crippen LogP contribution < -0.4 is 0 Å². The molecule has 0 amide bonds. The molecule has 0 radical (unpaired) electrons. The standard InChI is InChI=1S/C11H23NO/c1-5-6-7-8-12(4)10(2)9-11(3)13/h10H,5-9H2,1-4H3. The predicted molar refractivity (Wildman–Crippen MR) is 56.9 cm³/mol. The summed E-state index contributed by atoms with van der Waals surface area (Å²) in [6.45, 7) is 7.10. The molecule has 0 spiro atoms. The summed E-state index contributed by atoms with van der Waals surface area (Å²) in [5.74, 6) is 0.287. The van der Waals surface area contributed by atoms with Gasteiger partial charge in [-0.1, -0.05) is 19.8 Å². The molecule has 1 atom stereocenters. The van der Waals surface area contributed by atoms with Gasteiger partial charge in [0.15, 0.2) is 0 Å². The molecule has 0 aromatic rings. The smallest absolute Gasteiger partial charge is 0.131 e. The van der Waals surface area contributed by atoms with E-state index in [0.717, 1.165) is 6.54 Å². The van der Waals surface area contributed by atoms with Gasteiger partial charge in [0, 0.05) is 12.5 Å². The van der Waals surface area contributed by atoms with Crippen molar-refractivity contribution in [1.82, 2.24) is 4.90 Å². The molecule has 0 rings (SSSR count). The van der Waals surface area contributed by atoms with Gasteiger partial charge in [0.05, 0.1) is 0 Å². The second-order valence-corrected chi connectivity index (χ2v) is 3.94. The van der Waals surface area contributed by atoms with E-state index in [2.05, 4.69) is 25.8 Å². The van der Waals surface area contributed by atoms with Gasteiger partial charge in [-0.25, -0.2) is 0 Å². The van der Waals surface area contributed by atoms with E-state index in [-0.39, 0.29) is 5.78 Å². The maximum atomic E-state index is 10.9. The highest BCUT2D eigenvalue weighted by molar-refractivity contribution is 5.76. The fourth-order valence-corrected chi connectivity index (χ4v) is 1.40. The third-order valence-electron chi connectivity index (χ3n) is 2.45. The summed E-state index contributed by atoms with van der Waals surface area (Å²) in [4.78, 5) is 13.1. The first-order chi connectivity index (χ1) is 6.07. The second kappa shape index (κ2) is 7.07. The Morgan fingerprint density at radius 3 is 2.46 bits per heavy atom. The highest BCUT2D eigenvalue weighted by Crippen LogP contribution is 2.04. The van der Waals surface area contributed by atoms with Gasteiger partial charge >= 0.3 is 0 Å². The van der Waals surface area contributed by atoms with Crippen LogP contribution in [0.15, 0.2) is 0 Å². The van der Waals surface area contributed by atoms with Crippen LogP contribution in [-0.4, -0.2) is 30.3 Å². The molecule has 0 aromatic heterocycles. The first kappa shape index (κ1) is 12.6. The van der Waals surface area contributed by atoms with Gasteiger partial charge in [0.25, 0.3) is 0 Å². The molecule has 0 saturated carbocycles. The molecular weight excluding hydrogens is 162 g/mol. The highest BCUT2D eigenvalue weighted by atomic mass is 16.1. The van der Waals surface area contributed by atoms with Crippen molar-refractivity contribution in [2.24, 2.45) is 0 Å². The first-order valence-corrected chi connectivity index (χ1v) is 5.27. The molecule has 13 heavy (non-hydrogen) atoms. The van der Waals surface area contributed by atoms with Gasteiger partial charge in [-0.2, -0.15) is 0 Å². The summed E-state index contributed by atoms with van der Waals surface area (Å²) >= 11 is 0. The van der Waals surface area contributed by atoms with Crippen molar-refractivity contribution < 1.29 is 4.79 Å². The number of unbranched alkanes of at least 4 members (excludes halogenated alkanes) is 2. The van der Waals surface area contributed by atoms with Crippen molar-refractivity contribution in [3.8, 4) is 0 Å². The molecule has 0 aromatic carbocycles. The molecule has 0 bridgehead atoms. The number of rotatable bonds is 7. The van der Waals surface area contributed by atoms with E-state index in [4.69, 9.17) is 0 Å². The van der Waals surface area contributed by atoms with Gasteiger partial charge in [-0.15, -0.1) is 0 Å². The Hall–Kier alpha value is -0.370. The molecular formula is C11H23NO. The van der Waals surface area contributed by atoms with Gasteiger partial charge < -0.3 is 4.90 Å². The Balaban J connectivity index is 3.56. The zero-order valence-corrected chi connectivity index (χ0v) is 9.47. The monoisotopic (exact) mass is 185 g/mol. The average Bonchev–Trinajstić information content (AvgIpc) is 2.03. The Kier molecular flexibility index (Phi) is 6.87. The maximum absolute atomic E-state index is 10.9. The molecule has 2 heteroatoms. The van der Waals surface area contributed by atoms with Crippen LogP contribution >= 0.6 is 0 Å². The molecule has 1 unspecified atom stereocenters. The van der Waals surface area contributed by atoms with Crippen LogP contribution in [0.2, 0.25) is 0 Å². The van der Waals surface area contributed by atoms with Crippen molar-refractivity contribution >= 4 is 5.78 Å². The van der Waals surface area contributed by atoms with Crippen LogP contribution in [0, 0.1) is 0 Å². The van der Waals surface area contributed by atoms with Gasteiger partial charge in [0.1, 0.15) is 5.78 Å². The lowest BCUT2D eigenvalue weighted by molar-refractivity contribution is -0.118. The predicted octanol–water partition coefficient (Wildman–Crippen LogP) is 2.48. The third-order valence-corrected chi connectivity index (χ3v) is 2.45. The number of Topliss-reactive ketones (excluding diaryl/α,β-unsaturated/α-hetero) is 1. The fourth-order valence-electron chi connectivity index (χ4n) is 1.40. The summed E-state index contributed by atoms with van der Waals surface area (Å²) in [6, 6.07) is 0.398. The van der Waals surface area contributed by atoms with E-state index in [0.29, 0.717) is 12.5 Å². The molecule has 0 heterocycles. The minimum absolute atomic E-state index is 0.287. The molecule has 0 aliphatic rings. The number of hydrogen-bond donors (Lipinski definition) is 0. The van der Waals surface area contributed by atoms with Crippen LogP contribution in [0.3, 0.4) is 0 Å².